The summed E-state index contributed by atoms with van der Waals surface area (Å²) in [6.45, 7) is 0. The third-order valence-electron chi connectivity index (χ3n) is 2.64. The van der Waals surface area contributed by atoms with Crippen LogP contribution in [0.15, 0.2) is 42.5 Å². The zero-order valence-electron chi connectivity index (χ0n) is 10.1. The summed E-state index contributed by atoms with van der Waals surface area (Å²) in [5.74, 6) is -3.03. The maximum absolute atomic E-state index is 13.6. The number of benzene rings is 2. The van der Waals surface area contributed by atoms with Gasteiger partial charge in [-0.05, 0) is 30.3 Å². The van der Waals surface area contributed by atoms with Crippen molar-refractivity contribution in [3.8, 4) is 0 Å². The van der Waals surface area contributed by atoms with Crippen LogP contribution in [0.5, 0.6) is 0 Å². The molecular weight excluding hydrogens is 265 g/mol. The number of hydrogen-bond acceptors (Lipinski definition) is 3. The standard InChI is InChI=1S/C14H10FNO4/c15-10-6-5-8(13(17)18)7-12(10)16-11-4-2-1-3-9(11)14(19)20/h1-7,16H,(H,17,18)(H,19,20). The average molecular weight is 275 g/mol. The minimum absolute atomic E-state index is 0.0346. The van der Waals surface area contributed by atoms with Crippen LogP contribution >= 0.6 is 0 Å². The SMILES string of the molecule is O=C(O)c1ccc(F)c(Nc2ccccc2C(=O)O)c1. The van der Waals surface area contributed by atoms with Crippen molar-refractivity contribution in [3.05, 3.63) is 59.4 Å². The van der Waals surface area contributed by atoms with E-state index in [0.717, 1.165) is 18.2 Å². The molecule has 2 rings (SSSR count). The molecule has 5 nitrogen and oxygen atoms in total. The van der Waals surface area contributed by atoms with E-state index in [9.17, 15) is 14.0 Å². The van der Waals surface area contributed by atoms with Crippen molar-refractivity contribution in [2.45, 2.75) is 0 Å². The second-order valence-electron chi connectivity index (χ2n) is 3.98. The van der Waals surface area contributed by atoms with Crippen LogP contribution in [-0.2, 0) is 0 Å². The topological polar surface area (TPSA) is 86.6 Å². The lowest BCUT2D eigenvalue weighted by Crippen LogP contribution is -2.04. The molecule has 0 bridgehead atoms. The summed E-state index contributed by atoms with van der Waals surface area (Å²) in [6, 6.07) is 9.21. The van der Waals surface area contributed by atoms with Gasteiger partial charge in [-0.1, -0.05) is 12.1 Å². The lowest BCUT2D eigenvalue weighted by Gasteiger charge is -2.10. The summed E-state index contributed by atoms with van der Waals surface area (Å²) in [5, 5.41) is 20.5. The lowest BCUT2D eigenvalue weighted by atomic mass is 10.1. The highest BCUT2D eigenvalue weighted by atomic mass is 19.1. The van der Waals surface area contributed by atoms with Crippen LogP contribution < -0.4 is 5.32 Å². The molecule has 102 valence electrons. The van der Waals surface area contributed by atoms with Gasteiger partial charge in [0.1, 0.15) is 5.82 Å². The molecule has 2 aromatic carbocycles. The number of halogens is 1. The highest BCUT2D eigenvalue weighted by molar-refractivity contribution is 5.95. The number of anilines is 2. The second kappa shape index (κ2) is 5.40. The summed E-state index contributed by atoms with van der Waals surface area (Å²) < 4.78 is 13.6. The number of para-hydroxylation sites is 1. The maximum atomic E-state index is 13.6. The zero-order valence-corrected chi connectivity index (χ0v) is 10.1. The van der Waals surface area contributed by atoms with E-state index in [4.69, 9.17) is 10.2 Å². The smallest absolute Gasteiger partial charge is 0.337 e. The number of aromatic carboxylic acids is 2. The molecule has 0 atom stereocenters. The molecule has 0 spiro atoms. The fourth-order valence-corrected chi connectivity index (χ4v) is 1.68. The largest absolute Gasteiger partial charge is 0.478 e. The molecule has 0 saturated carbocycles. The van der Waals surface area contributed by atoms with E-state index in [1.54, 1.807) is 12.1 Å². The molecule has 20 heavy (non-hydrogen) atoms. The van der Waals surface area contributed by atoms with Crippen molar-refractivity contribution in [1.82, 2.24) is 0 Å². The summed E-state index contributed by atoms with van der Waals surface area (Å²) in [7, 11) is 0. The Bertz CT molecular complexity index is 685. The van der Waals surface area contributed by atoms with Crippen LogP contribution in [-0.4, -0.2) is 22.2 Å². The molecule has 0 aromatic heterocycles. The van der Waals surface area contributed by atoms with Gasteiger partial charge >= 0.3 is 11.9 Å². The van der Waals surface area contributed by atoms with Crippen molar-refractivity contribution in [1.29, 1.82) is 0 Å². The van der Waals surface area contributed by atoms with Crippen LogP contribution in [0.3, 0.4) is 0 Å². The molecule has 0 aliphatic carbocycles. The maximum Gasteiger partial charge on any atom is 0.337 e. The van der Waals surface area contributed by atoms with E-state index < -0.39 is 17.8 Å². The van der Waals surface area contributed by atoms with E-state index in [-0.39, 0.29) is 22.5 Å². The molecule has 0 radical (unpaired) electrons. The summed E-state index contributed by atoms with van der Waals surface area (Å²) in [4.78, 5) is 21.9. The molecule has 3 N–H and O–H groups in total. The lowest BCUT2D eigenvalue weighted by molar-refractivity contribution is 0.0686. The first kappa shape index (κ1) is 13.5. The first-order chi connectivity index (χ1) is 9.49. The van der Waals surface area contributed by atoms with Gasteiger partial charge < -0.3 is 15.5 Å². The molecule has 0 saturated heterocycles. The third-order valence-corrected chi connectivity index (χ3v) is 2.64. The molecular formula is C14H10FNO4. The van der Waals surface area contributed by atoms with E-state index in [1.165, 1.54) is 12.1 Å². The van der Waals surface area contributed by atoms with Gasteiger partial charge in [0.15, 0.2) is 0 Å². The number of carboxylic acids is 2. The quantitative estimate of drug-likeness (QED) is 0.798. The fourth-order valence-electron chi connectivity index (χ4n) is 1.68. The predicted octanol–water partition coefficient (Wildman–Crippen LogP) is 2.97. The van der Waals surface area contributed by atoms with Gasteiger partial charge in [0.05, 0.1) is 22.5 Å². The molecule has 0 aliphatic heterocycles. The fraction of sp³-hybridized carbons (Fsp3) is 0. The summed E-state index contributed by atoms with van der Waals surface area (Å²) in [6.07, 6.45) is 0. The molecule has 0 heterocycles. The van der Waals surface area contributed by atoms with Crippen molar-refractivity contribution < 1.29 is 24.2 Å². The van der Waals surface area contributed by atoms with Crippen molar-refractivity contribution in [2.24, 2.45) is 0 Å². The molecule has 0 fully saturated rings. The monoisotopic (exact) mass is 275 g/mol. The molecule has 0 amide bonds. The Morgan fingerprint density at radius 1 is 0.950 bits per heavy atom. The van der Waals surface area contributed by atoms with Gasteiger partial charge in [-0.25, -0.2) is 14.0 Å². The second-order valence-corrected chi connectivity index (χ2v) is 3.98. The Hall–Kier alpha value is -2.89. The van der Waals surface area contributed by atoms with Gasteiger partial charge in [-0.3, -0.25) is 0 Å². The average Bonchev–Trinajstić information content (AvgIpc) is 2.41. The van der Waals surface area contributed by atoms with Crippen LogP contribution in [0.25, 0.3) is 0 Å². The summed E-state index contributed by atoms with van der Waals surface area (Å²) >= 11 is 0. The Morgan fingerprint density at radius 3 is 2.30 bits per heavy atom. The van der Waals surface area contributed by atoms with Crippen LogP contribution in [0.2, 0.25) is 0 Å². The zero-order chi connectivity index (χ0) is 14.7. The highest BCUT2D eigenvalue weighted by Gasteiger charge is 2.12. The number of carbonyl (C=O) groups is 2. The number of nitrogens with one attached hydrogen (secondary N) is 1. The molecule has 0 aliphatic rings. The third kappa shape index (κ3) is 2.74. The van der Waals surface area contributed by atoms with Gasteiger partial charge in [0, 0.05) is 0 Å². The van der Waals surface area contributed by atoms with Crippen molar-refractivity contribution >= 4 is 23.3 Å². The number of rotatable bonds is 4. The van der Waals surface area contributed by atoms with Crippen LogP contribution in [0.1, 0.15) is 20.7 Å². The van der Waals surface area contributed by atoms with E-state index in [2.05, 4.69) is 5.32 Å². The van der Waals surface area contributed by atoms with E-state index in [0.29, 0.717) is 0 Å². The number of hydrogen-bond donors (Lipinski definition) is 3. The Balaban J connectivity index is 2.42. The van der Waals surface area contributed by atoms with Crippen molar-refractivity contribution in [2.75, 3.05) is 5.32 Å². The minimum Gasteiger partial charge on any atom is -0.478 e. The Morgan fingerprint density at radius 2 is 1.65 bits per heavy atom. The van der Waals surface area contributed by atoms with Crippen LogP contribution in [0.4, 0.5) is 15.8 Å². The van der Waals surface area contributed by atoms with Gasteiger partial charge in [-0.2, -0.15) is 0 Å². The molecule has 6 heteroatoms. The highest BCUT2D eigenvalue weighted by Crippen LogP contribution is 2.24. The first-order valence-corrected chi connectivity index (χ1v) is 5.61. The van der Waals surface area contributed by atoms with E-state index >= 15 is 0 Å². The Kier molecular flexibility index (Phi) is 3.65. The normalized spacial score (nSPS) is 10.1. The van der Waals surface area contributed by atoms with Gasteiger partial charge in [-0.15, -0.1) is 0 Å². The molecule has 2 aromatic rings. The Labute approximate surface area is 113 Å². The van der Waals surface area contributed by atoms with Crippen LogP contribution in [0, 0.1) is 5.82 Å². The minimum atomic E-state index is -1.19. The summed E-state index contributed by atoms with van der Waals surface area (Å²) in [5.41, 5.74) is -0.0469. The van der Waals surface area contributed by atoms with Gasteiger partial charge in [0.25, 0.3) is 0 Å². The molecule has 0 unspecified atom stereocenters. The van der Waals surface area contributed by atoms with Gasteiger partial charge in [0.2, 0.25) is 0 Å². The first-order valence-electron chi connectivity index (χ1n) is 5.61. The number of carboxylic acid groups (broad SMARTS) is 2. The van der Waals surface area contributed by atoms with Crippen molar-refractivity contribution in [3.63, 3.8) is 0 Å². The predicted molar refractivity (Wildman–Crippen MR) is 70.0 cm³/mol. The van der Waals surface area contributed by atoms with E-state index in [1.807, 2.05) is 0 Å².